The lowest BCUT2D eigenvalue weighted by Crippen LogP contribution is -2.35. The number of benzene rings is 2. The highest BCUT2D eigenvalue weighted by Gasteiger charge is 2.22. The Hall–Kier alpha value is -3.75. The molecule has 31 heavy (non-hydrogen) atoms. The van der Waals surface area contributed by atoms with Crippen LogP contribution < -0.4 is 29.7 Å². The van der Waals surface area contributed by atoms with Crippen LogP contribution in [-0.4, -0.2) is 52.5 Å². The third-order valence-corrected chi connectivity index (χ3v) is 4.92. The minimum absolute atomic E-state index is 0.219. The van der Waals surface area contributed by atoms with Crippen LogP contribution >= 0.6 is 0 Å². The Morgan fingerprint density at radius 1 is 0.871 bits per heavy atom. The van der Waals surface area contributed by atoms with Crippen LogP contribution in [0.15, 0.2) is 35.4 Å². The summed E-state index contributed by atoms with van der Waals surface area (Å²) in [5, 5.41) is 6.79. The maximum atomic E-state index is 12.3. The van der Waals surface area contributed by atoms with Crippen molar-refractivity contribution in [3.05, 3.63) is 47.0 Å². The fraction of sp³-hybridized carbons (Fsp3) is 0.318. The van der Waals surface area contributed by atoms with E-state index in [9.17, 15) is 9.59 Å². The number of hydrazone groups is 1. The first-order chi connectivity index (χ1) is 15.0. The van der Waals surface area contributed by atoms with Gasteiger partial charge in [0.2, 0.25) is 0 Å². The van der Waals surface area contributed by atoms with Gasteiger partial charge in [0.15, 0.2) is 23.0 Å². The van der Waals surface area contributed by atoms with Gasteiger partial charge in [-0.25, -0.2) is 5.43 Å². The lowest BCUT2D eigenvalue weighted by Gasteiger charge is -2.10. The van der Waals surface area contributed by atoms with E-state index in [0.717, 1.165) is 23.3 Å². The molecule has 164 valence electrons. The number of carbonyl (C=O) groups excluding carboxylic acids is 2. The zero-order valence-electron chi connectivity index (χ0n) is 17.9. The molecule has 0 saturated heterocycles. The van der Waals surface area contributed by atoms with Crippen LogP contribution in [0.2, 0.25) is 0 Å². The van der Waals surface area contributed by atoms with Crippen LogP contribution in [0.1, 0.15) is 27.9 Å². The Morgan fingerprint density at radius 3 is 2.19 bits per heavy atom. The van der Waals surface area contributed by atoms with Gasteiger partial charge in [-0.1, -0.05) is 0 Å². The number of nitrogens with zero attached hydrogens (tertiary/aromatic N) is 1. The van der Waals surface area contributed by atoms with Crippen molar-refractivity contribution in [1.29, 1.82) is 0 Å². The molecule has 9 nitrogen and oxygen atoms in total. The second kappa shape index (κ2) is 9.84. The Balaban J connectivity index is 1.60. The van der Waals surface area contributed by atoms with Gasteiger partial charge in [0.1, 0.15) is 0 Å². The van der Waals surface area contributed by atoms with Crippen LogP contribution in [0.4, 0.5) is 0 Å². The molecule has 0 radical (unpaired) electrons. The average molecular weight is 427 g/mol. The first kappa shape index (κ1) is 21.9. The van der Waals surface area contributed by atoms with Crippen LogP contribution in [-0.2, 0) is 11.2 Å². The molecular formula is C22H25N3O6. The summed E-state index contributed by atoms with van der Waals surface area (Å²) in [6, 6.07) is 8.53. The SMILES string of the molecule is COc1ccc(C(=O)NCC(=O)NN=C2CCc3cc(OC)c(OC)cc32)cc1OC. The van der Waals surface area contributed by atoms with Gasteiger partial charge in [-0.2, -0.15) is 5.10 Å². The normalized spacial score (nSPS) is 13.4. The summed E-state index contributed by atoms with van der Waals surface area (Å²) in [4.78, 5) is 24.5. The minimum Gasteiger partial charge on any atom is -0.493 e. The second-order valence-corrected chi connectivity index (χ2v) is 6.71. The van der Waals surface area contributed by atoms with E-state index in [1.807, 2.05) is 12.1 Å². The Morgan fingerprint density at radius 2 is 1.52 bits per heavy atom. The van der Waals surface area contributed by atoms with Crippen molar-refractivity contribution in [2.24, 2.45) is 5.10 Å². The van der Waals surface area contributed by atoms with Gasteiger partial charge in [0.25, 0.3) is 11.8 Å². The standard InChI is InChI=1S/C22H25N3O6/c1-28-17-8-6-14(10-18(17)29-2)22(27)23-12-21(26)25-24-16-7-5-13-9-19(30-3)20(31-4)11-15(13)16/h6,8-11H,5,7,12H2,1-4H3,(H,23,27)(H,25,26). The topological polar surface area (TPSA) is 107 Å². The summed E-state index contributed by atoms with van der Waals surface area (Å²) in [5.41, 5.74) is 5.58. The van der Waals surface area contributed by atoms with E-state index in [0.29, 0.717) is 35.0 Å². The maximum Gasteiger partial charge on any atom is 0.259 e. The highest BCUT2D eigenvalue weighted by Crippen LogP contribution is 2.35. The lowest BCUT2D eigenvalue weighted by molar-refractivity contribution is -0.120. The van der Waals surface area contributed by atoms with E-state index in [1.165, 1.54) is 14.2 Å². The molecule has 0 unspecified atom stereocenters. The molecule has 0 fully saturated rings. The van der Waals surface area contributed by atoms with Gasteiger partial charge in [-0.15, -0.1) is 0 Å². The molecule has 3 rings (SSSR count). The summed E-state index contributed by atoms with van der Waals surface area (Å²) >= 11 is 0. The zero-order chi connectivity index (χ0) is 22.4. The molecule has 0 heterocycles. The maximum absolute atomic E-state index is 12.3. The Bertz CT molecular complexity index is 1020. The van der Waals surface area contributed by atoms with E-state index in [1.54, 1.807) is 32.4 Å². The number of hydrogen-bond acceptors (Lipinski definition) is 7. The zero-order valence-corrected chi connectivity index (χ0v) is 17.9. The van der Waals surface area contributed by atoms with Crippen LogP contribution in [0.3, 0.4) is 0 Å². The number of ether oxygens (including phenoxy) is 4. The van der Waals surface area contributed by atoms with Gasteiger partial charge in [0.05, 0.1) is 40.7 Å². The molecule has 0 aliphatic heterocycles. The van der Waals surface area contributed by atoms with Crippen molar-refractivity contribution in [2.45, 2.75) is 12.8 Å². The van der Waals surface area contributed by atoms with Gasteiger partial charge in [-0.05, 0) is 48.7 Å². The summed E-state index contributed by atoms with van der Waals surface area (Å²) in [6.07, 6.45) is 1.48. The van der Waals surface area contributed by atoms with E-state index < -0.39 is 11.8 Å². The predicted octanol–water partition coefficient (Wildman–Crippen LogP) is 1.92. The van der Waals surface area contributed by atoms with Crippen molar-refractivity contribution in [3.8, 4) is 23.0 Å². The van der Waals surface area contributed by atoms with Crippen molar-refractivity contribution in [1.82, 2.24) is 10.7 Å². The third-order valence-electron chi connectivity index (χ3n) is 4.92. The first-order valence-electron chi connectivity index (χ1n) is 9.61. The summed E-state index contributed by atoms with van der Waals surface area (Å²) in [7, 11) is 6.15. The number of nitrogens with one attached hydrogen (secondary N) is 2. The molecule has 1 aliphatic carbocycles. The molecule has 0 spiro atoms. The number of rotatable bonds is 8. The van der Waals surface area contributed by atoms with Crippen molar-refractivity contribution < 1.29 is 28.5 Å². The molecule has 0 atom stereocenters. The van der Waals surface area contributed by atoms with E-state index in [2.05, 4.69) is 15.8 Å². The average Bonchev–Trinajstić information content (AvgIpc) is 3.21. The number of hydrogen-bond donors (Lipinski definition) is 2. The number of carbonyl (C=O) groups is 2. The molecule has 9 heteroatoms. The van der Waals surface area contributed by atoms with Gasteiger partial charge in [0, 0.05) is 11.1 Å². The monoisotopic (exact) mass is 427 g/mol. The number of fused-ring (bicyclic) bond motifs is 1. The van der Waals surface area contributed by atoms with Crippen molar-refractivity contribution in [2.75, 3.05) is 35.0 Å². The largest absolute Gasteiger partial charge is 0.493 e. The van der Waals surface area contributed by atoms with Crippen molar-refractivity contribution in [3.63, 3.8) is 0 Å². The molecule has 0 bridgehead atoms. The molecule has 2 aromatic rings. The van der Waals surface area contributed by atoms with Gasteiger partial charge < -0.3 is 24.3 Å². The van der Waals surface area contributed by atoms with Crippen LogP contribution in [0, 0.1) is 0 Å². The minimum atomic E-state index is -0.435. The molecule has 2 aromatic carbocycles. The number of aryl methyl sites for hydroxylation is 1. The molecule has 0 aromatic heterocycles. The van der Waals surface area contributed by atoms with Crippen molar-refractivity contribution >= 4 is 17.5 Å². The smallest absolute Gasteiger partial charge is 0.259 e. The second-order valence-electron chi connectivity index (χ2n) is 6.71. The highest BCUT2D eigenvalue weighted by atomic mass is 16.5. The molecule has 2 N–H and O–H groups in total. The fourth-order valence-electron chi connectivity index (χ4n) is 3.31. The summed E-state index contributed by atoms with van der Waals surface area (Å²) in [5.74, 6) is 1.35. The van der Waals surface area contributed by atoms with E-state index >= 15 is 0 Å². The number of amides is 2. The predicted molar refractivity (Wildman–Crippen MR) is 114 cm³/mol. The third kappa shape index (κ3) is 4.88. The molecular weight excluding hydrogens is 402 g/mol. The lowest BCUT2D eigenvalue weighted by atomic mass is 10.1. The van der Waals surface area contributed by atoms with E-state index in [-0.39, 0.29) is 6.54 Å². The Labute approximate surface area is 180 Å². The first-order valence-corrected chi connectivity index (χ1v) is 9.61. The van der Waals surface area contributed by atoms with E-state index in [4.69, 9.17) is 18.9 Å². The van der Waals surface area contributed by atoms with Gasteiger partial charge in [-0.3, -0.25) is 9.59 Å². The van der Waals surface area contributed by atoms with Crippen LogP contribution in [0.5, 0.6) is 23.0 Å². The summed E-state index contributed by atoms with van der Waals surface area (Å²) < 4.78 is 21.0. The molecule has 2 amide bonds. The Kier molecular flexibility index (Phi) is 6.96. The fourth-order valence-corrected chi connectivity index (χ4v) is 3.31. The molecule has 1 aliphatic rings. The van der Waals surface area contributed by atoms with Crippen LogP contribution in [0.25, 0.3) is 0 Å². The number of methoxy groups -OCH3 is 4. The summed E-state index contributed by atoms with van der Waals surface area (Å²) in [6.45, 7) is -0.219. The molecule has 0 saturated carbocycles. The quantitative estimate of drug-likeness (QED) is 0.624. The van der Waals surface area contributed by atoms with Gasteiger partial charge >= 0.3 is 0 Å². The highest BCUT2D eigenvalue weighted by molar-refractivity contribution is 6.05.